The van der Waals surface area contributed by atoms with Gasteiger partial charge in [-0.1, -0.05) is 0 Å². The summed E-state index contributed by atoms with van der Waals surface area (Å²) in [7, 11) is -3.37. The number of carbonyl (C=O) groups is 3. The molecule has 1 aliphatic carbocycles. The van der Waals surface area contributed by atoms with Crippen molar-refractivity contribution in [2.24, 2.45) is 5.41 Å². The fourth-order valence-electron chi connectivity index (χ4n) is 5.41. The van der Waals surface area contributed by atoms with Gasteiger partial charge in [0.25, 0.3) is 0 Å². The Morgan fingerprint density at radius 3 is 2.35 bits per heavy atom. The Kier molecular flexibility index (Phi) is 6.49. The number of carbonyl (C=O) groups excluding carboxylic acids is 3. The SMILES string of the molecule is COS(=O)(=O)ON1C(=O)N2C[C@H]1CC[C@H]2C(=O)NC1CC2(CCN(C(=O)OC(C)(C)C)CC2)C1. The molecule has 1 spiro atoms. The van der Waals surface area contributed by atoms with Crippen molar-refractivity contribution in [1.29, 1.82) is 0 Å². The maximum Gasteiger partial charge on any atom is 0.420 e. The van der Waals surface area contributed by atoms with E-state index in [-0.39, 0.29) is 30.0 Å². The third kappa shape index (κ3) is 5.10. The second-order valence-corrected chi connectivity index (χ2v) is 12.0. The maximum atomic E-state index is 13.0. The summed E-state index contributed by atoms with van der Waals surface area (Å²) in [5, 5.41) is 3.85. The summed E-state index contributed by atoms with van der Waals surface area (Å²) < 4.78 is 37.7. The zero-order chi connectivity index (χ0) is 24.9. The molecule has 1 saturated carbocycles. The van der Waals surface area contributed by atoms with Crippen LogP contribution in [-0.2, 0) is 28.4 Å². The molecule has 1 N–H and O–H groups in total. The van der Waals surface area contributed by atoms with Gasteiger partial charge in [0.15, 0.2) is 0 Å². The first-order chi connectivity index (χ1) is 15.8. The van der Waals surface area contributed by atoms with Crippen LogP contribution in [0.15, 0.2) is 0 Å². The third-order valence-electron chi connectivity index (χ3n) is 7.18. The number of amides is 4. The molecule has 4 rings (SSSR count). The molecule has 13 heteroatoms. The summed E-state index contributed by atoms with van der Waals surface area (Å²) in [6.45, 7) is 7.06. The van der Waals surface area contributed by atoms with Gasteiger partial charge in [-0.2, -0.15) is 13.5 Å². The highest BCUT2D eigenvalue weighted by molar-refractivity contribution is 7.81. The van der Waals surface area contributed by atoms with Crippen LogP contribution in [0.1, 0.15) is 59.3 Å². The highest BCUT2D eigenvalue weighted by atomic mass is 32.3. The summed E-state index contributed by atoms with van der Waals surface area (Å²) >= 11 is 0. The number of hydroxylamine groups is 2. The number of fused-ring (bicyclic) bond motifs is 2. The Morgan fingerprint density at radius 1 is 1.12 bits per heavy atom. The summed E-state index contributed by atoms with van der Waals surface area (Å²) in [6.07, 6.45) is 4.01. The van der Waals surface area contributed by atoms with Gasteiger partial charge in [-0.05, 0) is 64.7 Å². The third-order valence-corrected chi connectivity index (χ3v) is 7.93. The van der Waals surface area contributed by atoms with E-state index in [0.717, 1.165) is 37.9 Å². The van der Waals surface area contributed by atoms with Crippen LogP contribution in [0.4, 0.5) is 9.59 Å². The molecule has 3 aliphatic heterocycles. The van der Waals surface area contributed by atoms with E-state index in [1.54, 1.807) is 4.90 Å². The average molecular weight is 503 g/mol. The molecule has 3 heterocycles. The van der Waals surface area contributed by atoms with Crippen LogP contribution < -0.4 is 5.32 Å². The van der Waals surface area contributed by atoms with Gasteiger partial charge in [0, 0.05) is 25.7 Å². The van der Waals surface area contributed by atoms with Crippen LogP contribution in [0.25, 0.3) is 0 Å². The van der Waals surface area contributed by atoms with E-state index in [0.29, 0.717) is 25.9 Å². The minimum absolute atomic E-state index is 0.0252. The van der Waals surface area contributed by atoms with E-state index in [1.807, 2.05) is 20.8 Å². The predicted molar refractivity (Wildman–Crippen MR) is 118 cm³/mol. The van der Waals surface area contributed by atoms with Crippen molar-refractivity contribution in [2.75, 3.05) is 26.7 Å². The molecule has 34 heavy (non-hydrogen) atoms. The van der Waals surface area contributed by atoms with Crippen LogP contribution >= 0.6 is 0 Å². The first-order valence-corrected chi connectivity index (χ1v) is 13.0. The van der Waals surface area contributed by atoms with Crippen molar-refractivity contribution in [3.05, 3.63) is 0 Å². The van der Waals surface area contributed by atoms with Crippen molar-refractivity contribution < 1.29 is 36.0 Å². The van der Waals surface area contributed by atoms with Gasteiger partial charge in [0.2, 0.25) is 5.91 Å². The van der Waals surface area contributed by atoms with Crippen LogP contribution in [0.2, 0.25) is 0 Å². The number of urea groups is 1. The summed E-state index contributed by atoms with van der Waals surface area (Å²) in [5.41, 5.74) is -0.397. The zero-order valence-electron chi connectivity index (χ0n) is 20.1. The van der Waals surface area contributed by atoms with Gasteiger partial charge in [-0.25, -0.2) is 9.59 Å². The molecule has 2 atom stereocenters. The van der Waals surface area contributed by atoms with Crippen molar-refractivity contribution in [2.45, 2.75) is 83.0 Å². The van der Waals surface area contributed by atoms with Gasteiger partial charge in [-0.15, -0.1) is 4.28 Å². The topological polar surface area (TPSA) is 135 Å². The monoisotopic (exact) mass is 502 g/mol. The number of ether oxygens (including phenoxy) is 1. The molecule has 4 amide bonds. The molecule has 0 aromatic heterocycles. The minimum atomic E-state index is -4.32. The molecular formula is C21H34N4O8S. The minimum Gasteiger partial charge on any atom is -0.444 e. The largest absolute Gasteiger partial charge is 0.444 e. The van der Waals surface area contributed by atoms with E-state index in [2.05, 4.69) is 9.50 Å². The van der Waals surface area contributed by atoms with Crippen molar-refractivity contribution in [1.82, 2.24) is 20.2 Å². The number of hydrogen-bond donors (Lipinski definition) is 1. The lowest BCUT2D eigenvalue weighted by atomic mass is 9.60. The second-order valence-electron chi connectivity index (χ2n) is 10.7. The molecule has 0 radical (unpaired) electrons. The summed E-state index contributed by atoms with van der Waals surface area (Å²) in [6, 6.07) is -1.73. The molecule has 12 nitrogen and oxygen atoms in total. The lowest BCUT2D eigenvalue weighted by molar-refractivity contribution is -0.129. The van der Waals surface area contributed by atoms with E-state index in [4.69, 9.17) is 9.02 Å². The van der Waals surface area contributed by atoms with Gasteiger partial charge in [0.1, 0.15) is 11.6 Å². The van der Waals surface area contributed by atoms with Crippen LogP contribution in [-0.4, -0.2) is 91.8 Å². The van der Waals surface area contributed by atoms with E-state index in [1.165, 1.54) is 4.90 Å². The standard InChI is InChI=1S/C21H34N4O8S/c1-20(2,3)32-19(28)23-9-7-21(8-10-23)11-14(12-21)22-17(26)16-6-5-15-13-24(16)18(27)25(15)33-34(29,30)31-4/h14-16H,5-13H2,1-4H3,(H,22,26)/t15-,16+/m1/s1. The van der Waals surface area contributed by atoms with Crippen LogP contribution in [0.3, 0.4) is 0 Å². The quantitative estimate of drug-likeness (QED) is 0.596. The average Bonchev–Trinajstić information content (AvgIpc) is 2.96. The molecule has 4 aliphatic rings. The number of piperidine rings is 2. The summed E-state index contributed by atoms with van der Waals surface area (Å²) in [4.78, 5) is 41.0. The van der Waals surface area contributed by atoms with Crippen molar-refractivity contribution in [3.8, 4) is 0 Å². The smallest absolute Gasteiger partial charge is 0.420 e. The van der Waals surface area contributed by atoms with Crippen molar-refractivity contribution in [3.63, 3.8) is 0 Å². The van der Waals surface area contributed by atoms with Crippen molar-refractivity contribution >= 4 is 28.4 Å². The number of nitrogens with zero attached hydrogens (tertiary/aromatic N) is 3. The molecule has 0 unspecified atom stereocenters. The lowest BCUT2D eigenvalue weighted by Crippen LogP contribution is -2.59. The van der Waals surface area contributed by atoms with Crippen LogP contribution in [0, 0.1) is 5.41 Å². The predicted octanol–water partition coefficient (Wildman–Crippen LogP) is 1.37. The fraction of sp³-hybridized carbons (Fsp3) is 0.857. The Labute approximate surface area is 200 Å². The molecule has 2 bridgehead atoms. The zero-order valence-corrected chi connectivity index (χ0v) is 20.9. The fourth-order valence-corrected chi connectivity index (χ4v) is 5.86. The Bertz CT molecular complexity index is 933. The number of hydrogen-bond acceptors (Lipinski definition) is 8. The van der Waals surface area contributed by atoms with Gasteiger partial charge in [-0.3, -0.25) is 8.98 Å². The maximum absolute atomic E-state index is 13.0. The lowest BCUT2D eigenvalue weighted by Gasteiger charge is -2.52. The van der Waals surface area contributed by atoms with E-state index < -0.39 is 34.1 Å². The Morgan fingerprint density at radius 2 is 1.76 bits per heavy atom. The van der Waals surface area contributed by atoms with E-state index >= 15 is 0 Å². The molecule has 3 saturated heterocycles. The number of nitrogens with one attached hydrogen (secondary N) is 1. The highest BCUT2D eigenvalue weighted by Crippen LogP contribution is 2.49. The second kappa shape index (κ2) is 8.83. The normalized spacial score (nSPS) is 27.1. The first-order valence-electron chi connectivity index (χ1n) is 11.7. The van der Waals surface area contributed by atoms with Gasteiger partial charge < -0.3 is 19.9 Å². The number of likely N-dealkylation sites (tertiary alicyclic amines) is 1. The van der Waals surface area contributed by atoms with Gasteiger partial charge in [0.05, 0.1) is 13.2 Å². The molecular weight excluding hydrogens is 468 g/mol. The first kappa shape index (κ1) is 25.0. The molecule has 0 aromatic carbocycles. The Hall–Kier alpha value is -2.12. The molecule has 192 valence electrons. The number of rotatable bonds is 5. The van der Waals surface area contributed by atoms with Crippen LogP contribution in [0.5, 0.6) is 0 Å². The van der Waals surface area contributed by atoms with E-state index in [9.17, 15) is 22.8 Å². The molecule has 0 aromatic rings. The highest BCUT2D eigenvalue weighted by Gasteiger charge is 2.51. The molecule has 4 fully saturated rings. The van der Waals surface area contributed by atoms with Gasteiger partial charge >= 0.3 is 22.5 Å². The summed E-state index contributed by atoms with van der Waals surface area (Å²) in [5.74, 6) is -0.228. The Balaban J connectivity index is 1.25.